The van der Waals surface area contributed by atoms with Crippen LogP contribution in [0, 0.1) is 11.8 Å². The van der Waals surface area contributed by atoms with Crippen LogP contribution >= 0.6 is 0 Å². The minimum absolute atomic E-state index is 0.257. The summed E-state index contributed by atoms with van der Waals surface area (Å²) in [6, 6.07) is 10.5. The van der Waals surface area contributed by atoms with Gasteiger partial charge in [0.1, 0.15) is 0 Å². The van der Waals surface area contributed by atoms with Gasteiger partial charge >= 0.3 is 5.97 Å². The molecule has 100 valence electrons. The van der Waals surface area contributed by atoms with Crippen LogP contribution in [0.1, 0.15) is 32.4 Å². The Bertz CT molecular complexity index is 375. The van der Waals surface area contributed by atoms with Gasteiger partial charge in [0.25, 0.3) is 0 Å². The molecule has 18 heavy (non-hydrogen) atoms. The van der Waals surface area contributed by atoms with Gasteiger partial charge in [-0.1, -0.05) is 51.1 Å². The Morgan fingerprint density at radius 3 is 2.22 bits per heavy atom. The number of carboxylic acids is 1. The van der Waals surface area contributed by atoms with Crippen LogP contribution in [0.15, 0.2) is 30.3 Å². The maximum absolute atomic E-state index is 10.9. The molecule has 0 heterocycles. The van der Waals surface area contributed by atoms with Crippen LogP contribution < -0.4 is 0 Å². The second-order valence-electron chi connectivity index (χ2n) is 5.28. The number of benzene rings is 1. The van der Waals surface area contributed by atoms with Crippen LogP contribution in [0.25, 0.3) is 0 Å². The quantitative estimate of drug-likeness (QED) is 0.842. The molecule has 1 aromatic carbocycles. The molecule has 1 N–H and O–H groups in total. The molecule has 0 aliphatic rings. The van der Waals surface area contributed by atoms with Gasteiger partial charge in [-0.15, -0.1) is 0 Å². The third-order valence-corrected chi connectivity index (χ3v) is 3.23. The van der Waals surface area contributed by atoms with Crippen LogP contribution in [0.2, 0.25) is 0 Å². The lowest BCUT2D eigenvalue weighted by molar-refractivity contribution is -0.141. The van der Waals surface area contributed by atoms with E-state index in [-0.39, 0.29) is 12.0 Å². The Labute approximate surface area is 109 Å². The van der Waals surface area contributed by atoms with Gasteiger partial charge in [0, 0.05) is 12.6 Å². The number of rotatable bonds is 6. The van der Waals surface area contributed by atoms with E-state index in [1.165, 1.54) is 5.56 Å². The Kier molecular flexibility index (Phi) is 5.35. The van der Waals surface area contributed by atoms with E-state index >= 15 is 0 Å². The molecule has 0 aromatic heterocycles. The van der Waals surface area contributed by atoms with E-state index in [0.717, 1.165) is 0 Å². The molecule has 0 amide bonds. The Hall–Kier alpha value is -1.35. The molecular weight excluding hydrogens is 226 g/mol. The molecule has 1 rings (SSSR count). The van der Waals surface area contributed by atoms with Crippen molar-refractivity contribution in [2.24, 2.45) is 11.8 Å². The molecule has 0 bridgehead atoms. The average molecular weight is 249 g/mol. The van der Waals surface area contributed by atoms with Crippen molar-refractivity contribution >= 4 is 5.97 Å². The Balaban J connectivity index is 2.83. The largest absolute Gasteiger partial charge is 0.481 e. The number of aliphatic carboxylic acids is 1. The second kappa shape index (κ2) is 6.55. The summed E-state index contributed by atoms with van der Waals surface area (Å²) in [4.78, 5) is 13.1. The van der Waals surface area contributed by atoms with E-state index in [1.807, 2.05) is 25.2 Å². The monoisotopic (exact) mass is 249 g/mol. The van der Waals surface area contributed by atoms with Crippen LogP contribution in [-0.4, -0.2) is 29.6 Å². The standard InChI is InChI=1S/C15H23NO2/c1-11(2)14(13-8-6-5-7-9-13)16(4)10-12(3)15(17)18/h5-9,11-12,14H,10H2,1-4H3,(H,17,18). The third-order valence-electron chi connectivity index (χ3n) is 3.23. The summed E-state index contributed by atoms with van der Waals surface area (Å²) in [6.07, 6.45) is 0. The fraction of sp³-hybridized carbons (Fsp3) is 0.533. The van der Waals surface area contributed by atoms with Gasteiger partial charge in [0.2, 0.25) is 0 Å². The van der Waals surface area contributed by atoms with Gasteiger partial charge in [0.05, 0.1) is 5.92 Å². The highest BCUT2D eigenvalue weighted by Crippen LogP contribution is 2.27. The lowest BCUT2D eigenvalue weighted by atomic mass is 9.94. The maximum atomic E-state index is 10.9. The molecule has 0 aliphatic carbocycles. The highest BCUT2D eigenvalue weighted by atomic mass is 16.4. The summed E-state index contributed by atoms with van der Waals surface area (Å²) in [5.74, 6) is -0.643. The normalized spacial score (nSPS) is 14.8. The van der Waals surface area contributed by atoms with Gasteiger partial charge in [-0.3, -0.25) is 9.69 Å². The van der Waals surface area contributed by atoms with E-state index in [2.05, 4.69) is 30.9 Å². The predicted octanol–water partition coefficient (Wildman–Crippen LogP) is 3.04. The number of hydrogen-bond acceptors (Lipinski definition) is 2. The second-order valence-corrected chi connectivity index (χ2v) is 5.28. The first-order valence-corrected chi connectivity index (χ1v) is 6.41. The molecule has 0 fully saturated rings. The Morgan fingerprint density at radius 2 is 1.78 bits per heavy atom. The lowest BCUT2D eigenvalue weighted by Crippen LogP contribution is -2.34. The van der Waals surface area contributed by atoms with Crippen LogP contribution in [0.5, 0.6) is 0 Å². The number of carboxylic acid groups (broad SMARTS) is 1. The van der Waals surface area contributed by atoms with Crippen molar-refractivity contribution in [3.8, 4) is 0 Å². The van der Waals surface area contributed by atoms with Crippen molar-refractivity contribution in [1.29, 1.82) is 0 Å². The van der Waals surface area contributed by atoms with E-state index in [0.29, 0.717) is 12.5 Å². The Morgan fingerprint density at radius 1 is 1.22 bits per heavy atom. The van der Waals surface area contributed by atoms with Gasteiger partial charge in [-0.2, -0.15) is 0 Å². The summed E-state index contributed by atoms with van der Waals surface area (Å²) in [5.41, 5.74) is 1.24. The van der Waals surface area contributed by atoms with Crippen LogP contribution in [0.3, 0.4) is 0 Å². The highest BCUT2D eigenvalue weighted by molar-refractivity contribution is 5.69. The molecule has 3 heteroatoms. The summed E-state index contributed by atoms with van der Waals surface area (Å²) in [5, 5.41) is 9.00. The molecule has 3 nitrogen and oxygen atoms in total. The van der Waals surface area contributed by atoms with Crippen molar-refractivity contribution in [2.45, 2.75) is 26.8 Å². The molecule has 0 spiro atoms. The number of nitrogens with zero attached hydrogens (tertiary/aromatic N) is 1. The molecule has 1 aromatic rings. The smallest absolute Gasteiger partial charge is 0.307 e. The van der Waals surface area contributed by atoms with Gasteiger partial charge < -0.3 is 5.11 Å². The third kappa shape index (κ3) is 3.84. The fourth-order valence-corrected chi connectivity index (χ4v) is 2.42. The van der Waals surface area contributed by atoms with Crippen molar-refractivity contribution in [3.05, 3.63) is 35.9 Å². The minimum Gasteiger partial charge on any atom is -0.481 e. The van der Waals surface area contributed by atoms with E-state index in [1.54, 1.807) is 6.92 Å². The number of hydrogen-bond donors (Lipinski definition) is 1. The van der Waals surface area contributed by atoms with E-state index < -0.39 is 5.97 Å². The summed E-state index contributed by atoms with van der Waals surface area (Å²) < 4.78 is 0. The topological polar surface area (TPSA) is 40.5 Å². The maximum Gasteiger partial charge on any atom is 0.307 e. The zero-order valence-electron chi connectivity index (χ0n) is 11.6. The molecule has 0 saturated carbocycles. The average Bonchev–Trinajstić information content (AvgIpc) is 2.29. The molecule has 2 unspecified atom stereocenters. The van der Waals surface area contributed by atoms with Gasteiger partial charge in [-0.25, -0.2) is 0 Å². The molecule has 2 atom stereocenters. The predicted molar refractivity (Wildman–Crippen MR) is 73.5 cm³/mol. The van der Waals surface area contributed by atoms with Crippen LogP contribution in [0.4, 0.5) is 0 Å². The van der Waals surface area contributed by atoms with E-state index in [9.17, 15) is 4.79 Å². The summed E-state index contributed by atoms with van der Waals surface area (Å²) >= 11 is 0. The first kappa shape index (κ1) is 14.7. The van der Waals surface area contributed by atoms with Crippen molar-refractivity contribution < 1.29 is 9.90 Å². The SMILES string of the molecule is CC(CN(C)C(c1ccccc1)C(C)C)C(=O)O. The first-order valence-electron chi connectivity index (χ1n) is 6.41. The fourth-order valence-electron chi connectivity index (χ4n) is 2.42. The molecule has 0 saturated heterocycles. The van der Waals surface area contributed by atoms with Crippen molar-refractivity contribution in [2.75, 3.05) is 13.6 Å². The van der Waals surface area contributed by atoms with Crippen molar-refractivity contribution in [1.82, 2.24) is 4.90 Å². The number of carbonyl (C=O) groups is 1. The van der Waals surface area contributed by atoms with E-state index in [4.69, 9.17) is 5.11 Å². The van der Waals surface area contributed by atoms with Crippen molar-refractivity contribution in [3.63, 3.8) is 0 Å². The molecular formula is C15H23NO2. The van der Waals surface area contributed by atoms with Gasteiger partial charge in [-0.05, 0) is 18.5 Å². The van der Waals surface area contributed by atoms with Gasteiger partial charge in [0.15, 0.2) is 0 Å². The zero-order valence-corrected chi connectivity index (χ0v) is 11.6. The minimum atomic E-state index is -0.739. The zero-order chi connectivity index (χ0) is 13.7. The lowest BCUT2D eigenvalue weighted by Gasteiger charge is -2.32. The molecule has 0 aliphatic heterocycles. The highest BCUT2D eigenvalue weighted by Gasteiger charge is 2.23. The summed E-state index contributed by atoms with van der Waals surface area (Å²) in [6.45, 7) is 6.65. The first-order chi connectivity index (χ1) is 8.43. The summed E-state index contributed by atoms with van der Waals surface area (Å²) in [7, 11) is 2.00. The van der Waals surface area contributed by atoms with Crippen LogP contribution in [-0.2, 0) is 4.79 Å². The molecule has 0 radical (unpaired) electrons.